The minimum absolute atomic E-state index is 0.542. The Labute approximate surface area is 98.2 Å². The molecule has 90 valence electrons. The maximum absolute atomic E-state index is 5.55. The van der Waals surface area contributed by atoms with E-state index < -0.39 is 0 Å². The molecule has 3 nitrogen and oxygen atoms in total. The molecule has 1 aromatic rings. The molecule has 0 amide bonds. The first kappa shape index (κ1) is 13.0. The first-order valence-corrected chi connectivity index (χ1v) is 6.00. The van der Waals surface area contributed by atoms with Crippen LogP contribution in [0, 0.1) is 0 Å². The zero-order valence-electron chi connectivity index (χ0n) is 10.5. The van der Waals surface area contributed by atoms with Crippen molar-refractivity contribution in [2.24, 2.45) is 0 Å². The van der Waals surface area contributed by atoms with Crippen LogP contribution in [-0.4, -0.2) is 24.7 Å². The van der Waals surface area contributed by atoms with Crippen LogP contribution >= 0.6 is 0 Å². The standard InChI is InChI=1S/C13H22N2O/c1-4-7-16-13-8-12(9-15-10-13)6-5-11(2)14-3/h8-11,14H,4-7H2,1-3H3. The molecule has 0 saturated carbocycles. The van der Waals surface area contributed by atoms with E-state index in [1.54, 1.807) is 6.20 Å². The van der Waals surface area contributed by atoms with Gasteiger partial charge in [0.05, 0.1) is 12.8 Å². The fraction of sp³-hybridized carbons (Fsp3) is 0.615. The van der Waals surface area contributed by atoms with E-state index in [1.165, 1.54) is 5.56 Å². The highest BCUT2D eigenvalue weighted by Crippen LogP contribution is 2.13. The third-order valence-electron chi connectivity index (χ3n) is 2.60. The quantitative estimate of drug-likeness (QED) is 0.769. The summed E-state index contributed by atoms with van der Waals surface area (Å²) in [6.45, 7) is 5.05. The van der Waals surface area contributed by atoms with E-state index in [1.807, 2.05) is 13.2 Å². The van der Waals surface area contributed by atoms with Gasteiger partial charge in [-0.05, 0) is 44.9 Å². The molecule has 1 N–H and O–H groups in total. The second kappa shape index (κ2) is 7.23. The Morgan fingerprint density at radius 2 is 2.25 bits per heavy atom. The first-order chi connectivity index (χ1) is 7.76. The first-order valence-electron chi connectivity index (χ1n) is 6.00. The lowest BCUT2D eigenvalue weighted by Gasteiger charge is -2.10. The number of rotatable bonds is 7. The topological polar surface area (TPSA) is 34.1 Å². The zero-order valence-corrected chi connectivity index (χ0v) is 10.5. The Morgan fingerprint density at radius 1 is 1.44 bits per heavy atom. The molecule has 0 saturated heterocycles. The fourth-order valence-corrected chi connectivity index (χ4v) is 1.43. The van der Waals surface area contributed by atoms with Crippen LogP contribution < -0.4 is 10.1 Å². The summed E-state index contributed by atoms with van der Waals surface area (Å²) in [6, 6.07) is 2.63. The van der Waals surface area contributed by atoms with Crippen LogP contribution in [0.2, 0.25) is 0 Å². The summed E-state index contributed by atoms with van der Waals surface area (Å²) in [7, 11) is 1.99. The third kappa shape index (κ3) is 4.62. The van der Waals surface area contributed by atoms with Crippen molar-refractivity contribution in [1.82, 2.24) is 10.3 Å². The molecule has 0 fully saturated rings. The van der Waals surface area contributed by atoms with Crippen molar-refractivity contribution in [3.8, 4) is 5.75 Å². The molecular formula is C13H22N2O. The molecule has 1 heterocycles. The molecule has 1 rings (SSSR count). The molecule has 16 heavy (non-hydrogen) atoms. The van der Waals surface area contributed by atoms with E-state index in [-0.39, 0.29) is 0 Å². The van der Waals surface area contributed by atoms with Crippen LogP contribution in [0.4, 0.5) is 0 Å². The van der Waals surface area contributed by atoms with Crippen molar-refractivity contribution in [3.05, 3.63) is 24.0 Å². The van der Waals surface area contributed by atoms with Gasteiger partial charge in [0, 0.05) is 12.2 Å². The van der Waals surface area contributed by atoms with E-state index in [0.29, 0.717) is 6.04 Å². The number of nitrogens with one attached hydrogen (secondary N) is 1. The number of hydrogen-bond donors (Lipinski definition) is 1. The molecule has 1 atom stereocenters. The second-order valence-corrected chi connectivity index (χ2v) is 4.11. The lowest BCUT2D eigenvalue weighted by molar-refractivity contribution is 0.316. The Hall–Kier alpha value is -1.09. The van der Waals surface area contributed by atoms with E-state index in [2.05, 4.69) is 30.2 Å². The van der Waals surface area contributed by atoms with Gasteiger partial charge in [0.2, 0.25) is 0 Å². The van der Waals surface area contributed by atoms with E-state index >= 15 is 0 Å². The Balaban J connectivity index is 2.46. The van der Waals surface area contributed by atoms with Crippen molar-refractivity contribution in [2.75, 3.05) is 13.7 Å². The lowest BCUT2D eigenvalue weighted by Crippen LogP contribution is -2.21. The van der Waals surface area contributed by atoms with E-state index in [9.17, 15) is 0 Å². The maximum atomic E-state index is 5.55. The van der Waals surface area contributed by atoms with Crippen LogP contribution in [0.3, 0.4) is 0 Å². The number of hydrogen-bond acceptors (Lipinski definition) is 3. The van der Waals surface area contributed by atoms with Gasteiger partial charge in [0.1, 0.15) is 5.75 Å². The molecule has 0 aliphatic heterocycles. The summed E-state index contributed by atoms with van der Waals surface area (Å²) < 4.78 is 5.55. The smallest absolute Gasteiger partial charge is 0.137 e. The minimum atomic E-state index is 0.542. The summed E-state index contributed by atoms with van der Waals surface area (Å²) in [5.41, 5.74) is 1.25. The normalized spacial score (nSPS) is 12.4. The molecule has 0 aliphatic rings. The van der Waals surface area contributed by atoms with Gasteiger partial charge in [-0.1, -0.05) is 6.92 Å². The number of pyridine rings is 1. The summed E-state index contributed by atoms with van der Waals surface area (Å²) in [5.74, 6) is 0.886. The number of nitrogens with zero attached hydrogens (tertiary/aromatic N) is 1. The van der Waals surface area contributed by atoms with Crippen LogP contribution in [0.25, 0.3) is 0 Å². The predicted octanol–water partition coefficient (Wildman–Crippen LogP) is 2.41. The third-order valence-corrected chi connectivity index (χ3v) is 2.60. The van der Waals surface area contributed by atoms with Crippen molar-refractivity contribution in [1.29, 1.82) is 0 Å². The second-order valence-electron chi connectivity index (χ2n) is 4.11. The lowest BCUT2D eigenvalue weighted by atomic mass is 10.1. The average molecular weight is 222 g/mol. The van der Waals surface area contributed by atoms with Crippen LogP contribution in [0.15, 0.2) is 18.5 Å². The van der Waals surface area contributed by atoms with E-state index in [0.717, 1.165) is 31.6 Å². The highest BCUT2D eigenvalue weighted by Gasteiger charge is 2.01. The SMILES string of the molecule is CCCOc1cncc(CCC(C)NC)c1. The Kier molecular flexibility index (Phi) is 5.86. The van der Waals surface area contributed by atoms with Gasteiger partial charge in [-0.3, -0.25) is 4.98 Å². The van der Waals surface area contributed by atoms with Crippen LogP contribution in [-0.2, 0) is 6.42 Å². The van der Waals surface area contributed by atoms with Gasteiger partial charge in [-0.2, -0.15) is 0 Å². The van der Waals surface area contributed by atoms with E-state index in [4.69, 9.17) is 4.74 Å². The minimum Gasteiger partial charge on any atom is -0.492 e. The molecule has 0 aliphatic carbocycles. The Bertz CT molecular complexity index is 302. The van der Waals surface area contributed by atoms with Crippen LogP contribution in [0.1, 0.15) is 32.3 Å². The molecule has 0 radical (unpaired) electrons. The molecule has 3 heteroatoms. The monoisotopic (exact) mass is 222 g/mol. The van der Waals surface area contributed by atoms with Gasteiger partial charge in [-0.25, -0.2) is 0 Å². The van der Waals surface area contributed by atoms with Crippen LogP contribution in [0.5, 0.6) is 5.75 Å². The zero-order chi connectivity index (χ0) is 11.8. The number of aryl methyl sites for hydroxylation is 1. The van der Waals surface area contributed by atoms with Crippen molar-refractivity contribution < 1.29 is 4.74 Å². The summed E-state index contributed by atoms with van der Waals surface area (Å²) in [4.78, 5) is 4.20. The molecule has 0 spiro atoms. The predicted molar refractivity (Wildman–Crippen MR) is 66.9 cm³/mol. The summed E-state index contributed by atoms with van der Waals surface area (Å²) >= 11 is 0. The summed E-state index contributed by atoms with van der Waals surface area (Å²) in [6.07, 6.45) is 6.89. The molecule has 0 aromatic carbocycles. The average Bonchev–Trinajstić information content (AvgIpc) is 2.34. The maximum Gasteiger partial charge on any atom is 0.137 e. The van der Waals surface area contributed by atoms with Crippen molar-refractivity contribution in [2.45, 2.75) is 39.2 Å². The molecule has 1 aromatic heterocycles. The van der Waals surface area contributed by atoms with Gasteiger partial charge in [-0.15, -0.1) is 0 Å². The number of ether oxygens (including phenoxy) is 1. The van der Waals surface area contributed by atoms with Crippen molar-refractivity contribution >= 4 is 0 Å². The fourth-order valence-electron chi connectivity index (χ4n) is 1.43. The molecule has 1 unspecified atom stereocenters. The largest absolute Gasteiger partial charge is 0.492 e. The molecular weight excluding hydrogens is 200 g/mol. The summed E-state index contributed by atoms with van der Waals surface area (Å²) in [5, 5.41) is 3.23. The number of aromatic nitrogens is 1. The Morgan fingerprint density at radius 3 is 2.94 bits per heavy atom. The van der Waals surface area contributed by atoms with Gasteiger partial charge in [0.25, 0.3) is 0 Å². The van der Waals surface area contributed by atoms with Gasteiger partial charge in [0.15, 0.2) is 0 Å². The van der Waals surface area contributed by atoms with Crippen molar-refractivity contribution in [3.63, 3.8) is 0 Å². The molecule has 0 bridgehead atoms. The van der Waals surface area contributed by atoms with Gasteiger partial charge < -0.3 is 10.1 Å². The highest BCUT2D eigenvalue weighted by atomic mass is 16.5. The van der Waals surface area contributed by atoms with Gasteiger partial charge >= 0.3 is 0 Å². The highest BCUT2D eigenvalue weighted by molar-refractivity contribution is 5.23.